The summed E-state index contributed by atoms with van der Waals surface area (Å²) < 4.78 is 2.38. The van der Waals surface area contributed by atoms with E-state index in [9.17, 15) is 4.79 Å². The van der Waals surface area contributed by atoms with E-state index in [2.05, 4.69) is 4.98 Å². The van der Waals surface area contributed by atoms with Gasteiger partial charge in [-0.25, -0.2) is 4.98 Å². The van der Waals surface area contributed by atoms with Gasteiger partial charge in [0.25, 0.3) is 5.56 Å². The first-order valence-corrected chi connectivity index (χ1v) is 6.45. The predicted molar refractivity (Wildman–Crippen MR) is 76.7 cm³/mol. The van der Waals surface area contributed by atoms with Crippen molar-refractivity contribution in [3.8, 4) is 0 Å². The Balaban J connectivity index is 2.57. The molecule has 3 aromatic rings. The van der Waals surface area contributed by atoms with Crippen LogP contribution < -0.4 is 10.5 Å². The van der Waals surface area contributed by atoms with Crippen molar-refractivity contribution in [2.75, 3.05) is 19.0 Å². The number of hydrogen-bond acceptors (Lipinski definition) is 4. The van der Waals surface area contributed by atoms with Gasteiger partial charge in [0.15, 0.2) is 0 Å². The number of hydrogen-bond donors (Lipinski definition) is 0. The fourth-order valence-corrected chi connectivity index (χ4v) is 3.27. The monoisotopic (exact) mass is 259 g/mol. The normalized spacial score (nSPS) is 11.3. The van der Waals surface area contributed by atoms with Crippen molar-refractivity contribution >= 4 is 37.3 Å². The van der Waals surface area contributed by atoms with Crippen LogP contribution in [-0.2, 0) is 7.05 Å². The summed E-state index contributed by atoms with van der Waals surface area (Å²) in [7, 11) is 5.77. The highest BCUT2D eigenvalue weighted by Crippen LogP contribution is 2.35. The van der Waals surface area contributed by atoms with Crippen LogP contribution in [0.5, 0.6) is 0 Å². The molecule has 3 heterocycles. The van der Waals surface area contributed by atoms with Gasteiger partial charge in [0.1, 0.15) is 9.53 Å². The minimum absolute atomic E-state index is 0.0419. The van der Waals surface area contributed by atoms with E-state index in [-0.39, 0.29) is 5.56 Å². The van der Waals surface area contributed by atoms with Gasteiger partial charge in [0.2, 0.25) is 0 Å². The molecule has 0 amide bonds. The van der Waals surface area contributed by atoms with E-state index < -0.39 is 0 Å². The van der Waals surface area contributed by atoms with Crippen molar-refractivity contribution in [1.29, 1.82) is 0 Å². The molecule has 0 fully saturated rings. The molecule has 18 heavy (non-hydrogen) atoms. The highest BCUT2D eigenvalue weighted by Gasteiger charge is 2.13. The first-order valence-electron chi connectivity index (χ1n) is 5.64. The van der Waals surface area contributed by atoms with Crippen molar-refractivity contribution in [3.63, 3.8) is 0 Å². The zero-order chi connectivity index (χ0) is 12.9. The summed E-state index contributed by atoms with van der Waals surface area (Å²) in [4.78, 5) is 19.5. The highest BCUT2D eigenvalue weighted by atomic mass is 32.1. The molecule has 0 aromatic carbocycles. The van der Waals surface area contributed by atoms with Gasteiger partial charge in [-0.1, -0.05) is 0 Å². The third kappa shape index (κ3) is 1.44. The molecule has 0 saturated carbocycles. The Bertz CT molecular complexity index is 801. The van der Waals surface area contributed by atoms with Gasteiger partial charge in [-0.3, -0.25) is 4.79 Å². The maximum Gasteiger partial charge on any atom is 0.268 e. The van der Waals surface area contributed by atoms with Gasteiger partial charge in [-0.2, -0.15) is 0 Å². The summed E-state index contributed by atoms with van der Waals surface area (Å²) in [6.45, 7) is 0. The first-order chi connectivity index (χ1) is 8.59. The number of fused-ring (bicyclic) bond motifs is 3. The van der Waals surface area contributed by atoms with Crippen molar-refractivity contribution in [2.45, 2.75) is 0 Å². The summed E-state index contributed by atoms with van der Waals surface area (Å²) in [6, 6.07) is 3.97. The molecule has 0 saturated heterocycles. The third-order valence-corrected chi connectivity index (χ3v) is 4.17. The summed E-state index contributed by atoms with van der Waals surface area (Å²) in [5, 5.41) is 2.06. The molecule has 0 unspecified atom stereocenters. The van der Waals surface area contributed by atoms with E-state index in [1.165, 1.54) is 11.3 Å². The number of nitrogens with zero attached hydrogens (tertiary/aromatic N) is 3. The van der Waals surface area contributed by atoms with E-state index in [1.807, 2.05) is 37.3 Å². The molecule has 5 heteroatoms. The molecule has 0 aliphatic heterocycles. The fraction of sp³-hybridized carbons (Fsp3) is 0.231. The van der Waals surface area contributed by atoms with Gasteiger partial charge >= 0.3 is 0 Å². The number of anilines is 1. The van der Waals surface area contributed by atoms with E-state index in [0.29, 0.717) is 0 Å². The second-order valence-electron chi connectivity index (χ2n) is 4.48. The predicted octanol–water partition coefficient (Wildman–Crippen LogP) is 2.21. The largest absolute Gasteiger partial charge is 0.377 e. The zero-order valence-corrected chi connectivity index (χ0v) is 11.3. The molecule has 3 rings (SSSR count). The molecule has 0 atom stereocenters. The van der Waals surface area contributed by atoms with Crippen LogP contribution in [0.25, 0.3) is 20.3 Å². The standard InChI is InChI=1S/C13H13N3OS/c1-15(2)9-4-6-14-12-10(9)8-5-7-16(3)13(17)11(8)18-12/h4-7H,1-3H3. The fourth-order valence-electron chi connectivity index (χ4n) is 2.13. The van der Waals surface area contributed by atoms with Gasteiger partial charge in [-0.05, 0) is 12.1 Å². The topological polar surface area (TPSA) is 38.1 Å². The van der Waals surface area contributed by atoms with Gasteiger partial charge < -0.3 is 9.47 Å². The van der Waals surface area contributed by atoms with Gasteiger partial charge in [-0.15, -0.1) is 11.3 Å². The Morgan fingerprint density at radius 2 is 2.11 bits per heavy atom. The maximum atomic E-state index is 12.1. The van der Waals surface area contributed by atoms with Crippen LogP contribution in [0.15, 0.2) is 29.3 Å². The molecule has 0 radical (unpaired) electrons. The molecule has 92 valence electrons. The molecule has 0 N–H and O–H groups in total. The average Bonchev–Trinajstić information content (AvgIpc) is 2.73. The van der Waals surface area contributed by atoms with Crippen LogP contribution in [0.1, 0.15) is 0 Å². The van der Waals surface area contributed by atoms with Crippen LogP contribution in [0.3, 0.4) is 0 Å². The van der Waals surface area contributed by atoms with E-state index in [4.69, 9.17) is 0 Å². The molecule has 4 nitrogen and oxygen atoms in total. The van der Waals surface area contributed by atoms with Crippen LogP contribution in [-0.4, -0.2) is 23.6 Å². The van der Waals surface area contributed by atoms with Crippen molar-refractivity contribution < 1.29 is 0 Å². The second kappa shape index (κ2) is 3.81. The lowest BCUT2D eigenvalue weighted by Gasteiger charge is -2.13. The molecular formula is C13H13N3OS. The van der Waals surface area contributed by atoms with Crippen molar-refractivity contribution in [1.82, 2.24) is 9.55 Å². The zero-order valence-electron chi connectivity index (χ0n) is 10.5. The summed E-state index contributed by atoms with van der Waals surface area (Å²) >= 11 is 1.46. The lowest BCUT2D eigenvalue weighted by atomic mass is 10.2. The Morgan fingerprint density at radius 1 is 1.33 bits per heavy atom. The minimum Gasteiger partial charge on any atom is -0.377 e. The average molecular weight is 259 g/mol. The number of aryl methyl sites for hydroxylation is 1. The summed E-state index contributed by atoms with van der Waals surface area (Å²) in [5.74, 6) is 0. The number of thiophene rings is 1. The number of pyridine rings is 2. The van der Waals surface area contributed by atoms with Crippen LogP contribution >= 0.6 is 11.3 Å². The number of aromatic nitrogens is 2. The smallest absolute Gasteiger partial charge is 0.268 e. The van der Waals surface area contributed by atoms with Crippen LogP contribution in [0.2, 0.25) is 0 Å². The maximum absolute atomic E-state index is 12.1. The van der Waals surface area contributed by atoms with E-state index in [0.717, 1.165) is 26.0 Å². The Labute approximate surface area is 108 Å². The minimum atomic E-state index is 0.0419. The van der Waals surface area contributed by atoms with Crippen molar-refractivity contribution in [3.05, 3.63) is 34.9 Å². The SMILES string of the molecule is CN(C)c1ccnc2sc3c(=O)n(C)ccc3c12. The van der Waals surface area contributed by atoms with E-state index >= 15 is 0 Å². The lowest BCUT2D eigenvalue weighted by molar-refractivity contribution is 0.875. The van der Waals surface area contributed by atoms with Crippen LogP contribution in [0.4, 0.5) is 5.69 Å². The summed E-state index contributed by atoms with van der Waals surface area (Å²) in [6.07, 6.45) is 3.60. The Hall–Kier alpha value is -1.88. The molecule has 3 aromatic heterocycles. The van der Waals surface area contributed by atoms with Gasteiger partial charge in [0.05, 0.1) is 0 Å². The number of rotatable bonds is 1. The molecule has 0 aliphatic carbocycles. The quantitative estimate of drug-likeness (QED) is 0.672. The first kappa shape index (κ1) is 11.2. The van der Waals surface area contributed by atoms with Crippen molar-refractivity contribution in [2.24, 2.45) is 7.05 Å². The Kier molecular flexibility index (Phi) is 2.38. The second-order valence-corrected chi connectivity index (χ2v) is 5.48. The third-order valence-electron chi connectivity index (χ3n) is 3.07. The highest BCUT2D eigenvalue weighted by molar-refractivity contribution is 7.25. The molecule has 0 aliphatic rings. The molecule has 0 spiro atoms. The Morgan fingerprint density at radius 3 is 2.83 bits per heavy atom. The summed E-state index contributed by atoms with van der Waals surface area (Å²) in [5.41, 5.74) is 1.14. The molecule has 0 bridgehead atoms. The lowest BCUT2D eigenvalue weighted by Crippen LogP contribution is -2.14. The van der Waals surface area contributed by atoms with E-state index in [1.54, 1.807) is 17.8 Å². The molecular weight excluding hydrogens is 246 g/mol. The van der Waals surface area contributed by atoms with Gasteiger partial charge in [0, 0.05) is 50.0 Å². The van der Waals surface area contributed by atoms with Crippen LogP contribution in [0, 0.1) is 0 Å².